The van der Waals surface area contributed by atoms with E-state index in [-0.39, 0.29) is 11.7 Å². The standard InChI is InChI=1S/C15H28N2OS/c1-5-13-16-15(4,6-2)14(18)17(13)11-9-8-10-12(11)19-7-3/h11-13,16H,5-10H2,1-4H3. The van der Waals surface area contributed by atoms with Crippen molar-refractivity contribution in [2.24, 2.45) is 0 Å². The van der Waals surface area contributed by atoms with Crippen LogP contribution >= 0.6 is 11.8 Å². The lowest BCUT2D eigenvalue weighted by Crippen LogP contribution is -2.47. The lowest BCUT2D eigenvalue weighted by molar-refractivity contribution is -0.135. The first-order chi connectivity index (χ1) is 9.07. The Hall–Kier alpha value is -0.220. The van der Waals surface area contributed by atoms with Gasteiger partial charge in [-0.3, -0.25) is 10.1 Å². The highest BCUT2D eigenvalue weighted by Gasteiger charge is 2.50. The smallest absolute Gasteiger partial charge is 0.244 e. The second kappa shape index (κ2) is 6.04. The number of hydrogen-bond donors (Lipinski definition) is 1. The minimum atomic E-state index is -0.343. The van der Waals surface area contributed by atoms with Crippen molar-refractivity contribution in [3.8, 4) is 0 Å². The van der Waals surface area contributed by atoms with E-state index in [1.165, 1.54) is 19.3 Å². The third-order valence-corrected chi connectivity index (χ3v) is 6.09. The average Bonchev–Trinajstić information content (AvgIpc) is 2.95. The number of carbonyl (C=O) groups is 1. The van der Waals surface area contributed by atoms with E-state index < -0.39 is 0 Å². The number of nitrogens with one attached hydrogen (secondary N) is 1. The molecule has 0 radical (unpaired) electrons. The van der Waals surface area contributed by atoms with Crippen LogP contribution in [0.15, 0.2) is 0 Å². The summed E-state index contributed by atoms with van der Waals surface area (Å²) in [5, 5.41) is 4.22. The van der Waals surface area contributed by atoms with Crippen molar-refractivity contribution in [2.45, 2.75) is 82.8 Å². The number of amides is 1. The van der Waals surface area contributed by atoms with Crippen LogP contribution in [0.3, 0.4) is 0 Å². The van der Waals surface area contributed by atoms with Crippen molar-refractivity contribution in [3.05, 3.63) is 0 Å². The molecule has 4 atom stereocenters. The first-order valence-corrected chi connectivity index (χ1v) is 8.84. The third kappa shape index (κ3) is 2.66. The fourth-order valence-corrected chi connectivity index (χ4v) is 4.74. The zero-order valence-corrected chi connectivity index (χ0v) is 13.6. The van der Waals surface area contributed by atoms with Gasteiger partial charge in [-0.1, -0.05) is 27.2 Å². The normalized spacial score (nSPS) is 39.3. The summed E-state index contributed by atoms with van der Waals surface area (Å²) in [6.45, 7) is 8.57. The summed E-state index contributed by atoms with van der Waals surface area (Å²) in [4.78, 5) is 15.0. The van der Waals surface area contributed by atoms with Crippen molar-refractivity contribution in [3.63, 3.8) is 0 Å². The van der Waals surface area contributed by atoms with Crippen LogP contribution in [-0.4, -0.2) is 39.6 Å². The molecule has 0 aromatic heterocycles. The van der Waals surface area contributed by atoms with E-state index in [1.807, 2.05) is 11.8 Å². The summed E-state index contributed by atoms with van der Waals surface area (Å²) in [7, 11) is 0. The van der Waals surface area contributed by atoms with Crippen LogP contribution in [0.2, 0.25) is 0 Å². The molecule has 1 aliphatic heterocycles. The van der Waals surface area contributed by atoms with Gasteiger partial charge in [-0.15, -0.1) is 0 Å². The Bertz CT molecular complexity index is 336. The molecular weight excluding hydrogens is 256 g/mol. The van der Waals surface area contributed by atoms with Gasteiger partial charge in [0.2, 0.25) is 5.91 Å². The van der Waals surface area contributed by atoms with E-state index in [0.29, 0.717) is 17.2 Å². The molecule has 110 valence electrons. The molecule has 0 bridgehead atoms. The van der Waals surface area contributed by atoms with Gasteiger partial charge >= 0.3 is 0 Å². The molecule has 1 saturated heterocycles. The monoisotopic (exact) mass is 284 g/mol. The van der Waals surface area contributed by atoms with Crippen LogP contribution in [0.5, 0.6) is 0 Å². The highest BCUT2D eigenvalue weighted by atomic mass is 32.2. The average molecular weight is 284 g/mol. The molecule has 1 saturated carbocycles. The molecule has 1 N–H and O–H groups in total. The van der Waals surface area contributed by atoms with Crippen LogP contribution in [0, 0.1) is 0 Å². The van der Waals surface area contributed by atoms with Crippen molar-refractivity contribution >= 4 is 17.7 Å². The second-order valence-electron chi connectivity index (χ2n) is 5.96. The number of hydrogen-bond acceptors (Lipinski definition) is 3. The second-order valence-corrected chi connectivity index (χ2v) is 7.47. The molecule has 1 amide bonds. The molecule has 19 heavy (non-hydrogen) atoms. The molecule has 2 aliphatic rings. The molecule has 0 aromatic carbocycles. The van der Waals surface area contributed by atoms with Crippen molar-refractivity contribution < 1.29 is 4.79 Å². The minimum Gasteiger partial charge on any atom is -0.321 e. The quantitative estimate of drug-likeness (QED) is 0.842. The van der Waals surface area contributed by atoms with Gasteiger partial charge in [0.05, 0.1) is 11.7 Å². The topological polar surface area (TPSA) is 32.3 Å². The molecule has 2 rings (SSSR count). The maximum atomic E-state index is 12.8. The van der Waals surface area contributed by atoms with Gasteiger partial charge in [-0.05, 0) is 38.4 Å². The van der Waals surface area contributed by atoms with E-state index in [2.05, 4.69) is 37.9 Å². The molecule has 1 heterocycles. The summed E-state index contributed by atoms with van der Waals surface area (Å²) in [6.07, 6.45) is 5.83. The van der Waals surface area contributed by atoms with Gasteiger partial charge < -0.3 is 4.90 Å². The fraction of sp³-hybridized carbons (Fsp3) is 0.933. The Kier molecular flexibility index (Phi) is 4.83. The van der Waals surface area contributed by atoms with E-state index in [0.717, 1.165) is 18.6 Å². The van der Waals surface area contributed by atoms with E-state index in [1.54, 1.807) is 0 Å². The molecule has 0 aromatic rings. The SMILES string of the molecule is CCSC1CCCC1N1C(=O)C(C)(CC)NC1CC. The van der Waals surface area contributed by atoms with E-state index in [4.69, 9.17) is 0 Å². The first kappa shape index (κ1) is 15.2. The summed E-state index contributed by atoms with van der Waals surface area (Å²) in [6, 6.07) is 0.447. The lowest BCUT2D eigenvalue weighted by atomic mass is 9.99. The Morgan fingerprint density at radius 2 is 2.11 bits per heavy atom. The van der Waals surface area contributed by atoms with Crippen LogP contribution in [0.25, 0.3) is 0 Å². The highest BCUT2D eigenvalue weighted by Crippen LogP contribution is 2.38. The number of thioether (sulfide) groups is 1. The van der Waals surface area contributed by atoms with E-state index >= 15 is 0 Å². The number of carbonyl (C=O) groups excluding carboxylic acids is 1. The predicted molar refractivity (Wildman–Crippen MR) is 82.3 cm³/mol. The summed E-state index contributed by atoms with van der Waals surface area (Å²) in [5.74, 6) is 1.48. The number of rotatable bonds is 5. The fourth-order valence-electron chi connectivity index (χ4n) is 3.49. The number of nitrogens with zero attached hydrogens (tertiary/aromatic N) is 1. The van der Waals surface area contributed by atoms with Gasteiger partial charge in [-0.25, -0.2) is 0 Å². The van der Waals surface area contributed by atoms with Gasteiger partial charge in [-0.2, -0.15) is 11.8 Å². The Morgan fingerprint density at radius 1 is 1.37 bits per heavy atom. The van der Waals surface area contributed by atoms with Gasteiger partial charge in [0, 0.05) is 11.3 Å². The van der Waals surface area contributed by atoms with Crippen LogP contribution in [-0.2, 0) is 4.79 Å². The predicted octanol–water partition coefficient (Wildman–Crippen LogP) is 3.00. The Balaban J connectivity index is 2.19. The largest absolute Gasteiger partial charge is 0.321 e. The summed E-state index contributed by atoms with van der Waals surface area (Å²) >= 11 is 2.03. The highest BCUT2D eigenvalue weighted by molar-refractivity contribution is 7.99. The summed E-state index contributed by atoms with van der Waals surface area (Å²) < 4.78 is 0. The van der Waals surface area contributed by atoms with Crippen LogP contribution in [0.1, 0.15) is 59.8 Å². The molecule has 0 spiro atoms. The van der Waals surface area contributed by atoms with Gasteiger partial charge in [0.15, 0.2) is 0 Å². The zero-order chi connectivity index (χ0) is 14.0. The Morgan fingerprint density at radius 3 is 2.68 bits per heavy atom. The Labute approximate surface area is 121 Å². The van der Waals surface area contributed by atoms with Crippen molar-refractivity contribution in [1.82, 2.24) is 10.2 Å². The first-order valence-electron chi connectivity index (χ1n) is 7.79. The molecule has 4 unspecified atom stereocenters. The molecule has 2 fully saturated rings. The maximum Gasteiger partial charge on any atom is 0.244 e. The van der Waals surface area contributed by atoms with Crippen molar-refractivity contribution in [2.75, 3.05) is 5.75 Å². The lowest BCUT2D eigenvalue weighted by Gasteiger charge is -2.33. The minimum absolute atomic E-state index is 0.237. The molecular formula is C15H28N2OS. The van der Waals surface area contributed by atoms with Gasteiger partial charge in [0.1, 0.15) is 0 Å². The van der Waals surface area contributed by atoms with Crippen LogP contribution in [0.4, 0.5) is 0 Å². The maximum absolute atomic E-state index is 12.8. The summed E-state index contributed by atoms with van der Waals surface area (Å²) in [5.41, 5.74) is -0.343. The molecule has 4 heteroatoms. The van der Waals surface area contributed by atoms with Gasteiger partial charge in [0.25, 0.3) is 0 Å². The molecule has 1 aliphatic carbocycles. The van der Waals surface area contributed by atoms with E-state index in [9.17, 15) is 4.79 Å². The third-order valence-electron chi connectivity index (χ3n) is 4.78. The zero-order valence-electron chi connectivity index (χ0n) is 12.7. The molecule has 3 nitrogen and oxygen atoms in total. The van der Waals surface area contributed by atoms with Crippen LogP contribution < -0.4 is 5.32 Å². The van der Waals surface area contributed by atoms with Crippen molar-refractivity contribution in [1.29, 1.82) is 0 Å².